The number of nitrogens with zero attached hydrogens (tertiary/aromatic N) is 2. The van der Waals surface area contributed by atoms with E-state index in [1.807, 2.05) is 5.38 Å². The number of carbonyl (C=O) groups excluding carboxylic acids is 1. The van der Waals surface area contributed by atoms with E-state index in [2.05, 4.69) is 31.2 Å². The number of rotatable bonds is 5. The third-order valence-corrected chi connectivity index (χ3v) is 4.39. The summed E-state index contributed by atoms with van der Waals surface area (Å²) >= 11 is 1.56. The smallest absolute Gasteiger partial charge is 0.282 e. The van der Waals surface area contributed by atoms with Gasteiger partial charge < -0.3 is 5.32 Å². The zero-order valence-corrected chi connectivity index (χ0v) is 14.5. The van der Waals surface area contributed by atoms with Gasteiger partial charge in [0.05, 0.1) is 11.3 Å². The predicted molar refractivity (Wildman–Crippen MR) is 88.2 cm³/mol. The molecule has 126 valence electrons. The molecule has 0 fully saturated rings. The zero-order chi connectivity index (χ0) is 17.2. The van der Waals surface area contributed by atoms with Crippen molar-refractivity contribution in [3.8, 4) is 0 Å². The van der Waals surface area contributed by atoms with Gasteiger partial charge in [-0.2, -0.15) is 5.10 Å². The fraction of sp³-hybridized carbons (Fsp3) is 0.500. The molecule has 7 heteroatoms. The van der Waals surface area contributed by atoms with Crippen molar-refractivity contribution in [3.05, 3.63) is 33.8 Å². The summed E-state index contributed by atoms with van der Waals surface area (Å²) in [4.78, 5) is 13.4. The van der Waals surface area contributed by atoms with Gasteiger partial charge in [0, 0.05) is 18.1 Å². The highest BCUT2D eigenvalue weighted by atomic mass is 32.1. The molecule has 0 bridgehead atoms. The van der Waals surface area contributed by atoms with Crippen molar-refractivity contribution in [2.24, 2.45) is 12.5 Å². The van der Waals surface area contributed by atoms with Crippen LogP contribution in [0.2, 0.25) is 0 Å². The van der Waals surface area contributed by atoms with Crippen LogP contribution in [-0.2, 0) is 13.5 Å². The lowest BCUT2D eigenvalue weighted by Gasteiger charge is -2.17. The fourth-order valence-corrected chi connectivity index (χ4v) is 3.00. The molecule has 2 rings (SSSR count). The van der Waals surface area contributed by atoms with Gasteiger partial charge in [-0.15, -0.1) is 11.3 Å². The van der Waals surface area contributed by atoms with Gasteiger partial charge in [0.25, 0.3) is 12.3 Å². The Bertz CT molecular complexity index is 686. The zero-order valence-electron chi connectivity index (χ0n) is 13.7. The number of alkyl halides is 2. The van der Waals surface area contributed by atoms with E-state index in [-0.39, 0.29) is 11.0 Å². The number of halogens is 2. The molecule has 2 aromatic rings. The van der Waals surface area contributed by atoms with Crippen LogP contribution in [0.5, 0.6) is 0 Å². The molecule has 0 aliphatic heterocycles. The minimum absolute atomic E-state index is 0.0875. The first kappa shape index (κ1) is 17.6. The average Bonchev–Trinajstić information content (AvgIpc) is 3.02. The molecule has 23 heavy (non-hydrogen) atoms. The molecule has 2 aromatic heterocycles. The number of nitrogens with one attached hydrogen (secondary N) is 1. The molecular weight excluding hydrogens is 320 g/mol. The van der Waals surface area contributed by atoms with Crippen molar-refractivity contribution < 1.29 is 13.6 Å². The number of anilines is 1. The lowest BCUT2D eigenvalue weighted by atomic mass is 9.90. The summed E-state index contributed by atoms with van der Waals surface area (Å²) < 4.78 is 27.1. The maximum atomic E-state index is 13.0. The second-order valence-electron chi connectivity index (χ2n) is 6.67. The summed E-state index contributed by atoms with van der Waals surface area (Å²) in [6.45, 7) is 6.47. The third kappa shape index (κ3) is 4.60. The first-order valence-corrected chi connectivity index (χ1v) is 8.25. The monoisotopic (exact) mass is 341 g/mol. The number of aromatic nitrogens is 2. The molecule has 0 spiro atoms. The second kappa shape index (κ2) is 6.78. The van der Waals surface area contributed by atoms with Crippen LogP contribution in [0.4, 0.5) is 14.5 Å². The number of hydrogen-bond donors (Lipinski definition) is 1. The van der Waals surface area contributed by atoms with E-state index in [1.165, 1.54) is 17.9 Å². The van der Waals surface area contributed by atoms with Crippen molar-refractivity contribution in [1.29, 1.82) is 0 Å². The van der Waals surface area contributed by atoms with Crippen LogP contribution < -0.4 is 5.32 Å². The number of carbonyl (C=O) groups is 1. The van der Waals surface area contributed by atoms with Crippen LogP contribution in [0.3, 0.4) is 0 Å². The Hall–Kier alpha value is -1.76. The molecular formula is C16H21F2N3OS. The highest BCUT2D eigenvalue weighted by Gasteiger charge is 2.23. The lowest BCUT2D eigenvalue weighted by Crippen LogP contribution is -2.14. The summed E-state index contributed by atoms with van der Waals surface area (Å²) in [6, 6.07) is 1.80. The number of amides is 1. The van der Waals surface area contributed by atoms with Crippen LogP contribution in [-0.4, -0.2) is 15.7 Å². The molecule has 1 amide bonds. The van der Waals surface area contributed by atoms with E-state index in [0.717, 1.165) is 17.7 Å². The Morgan fingerprint density at radius 3 is 2.74 bits per heavy atom. The largest absolute Gasteiger partial charge is 0.321 e. The van der Waals surface area contributed by atoms with E-state index >= 15 is 0 Å². The number of aryl methyl sites for hydroxylation is 2. The molecule has 0 aliphatic rings. The minimum atomic E-state index is -2.78. The highest BCUT2D eigenvalue weighted by molar-refractivity contribution is 7.10. The molecule has 0 saturated carbocycles. The van der Waals surface area contributed by atoms with Gasteiger partial charge in [-0.1, -0.05) is 20.8 Å². The first-order chi connectivity index (χ1) is 10.7. The second-order valence-corrected chi connectivity index (χ2v) is 7.68. The van der Waals surface area contributed by atoms with Gasteiger partial charge in [0.1, 0.15) is 5.69 Å². The maximum absolute atomic E-state index is 13.0. The van der Waals surface area contributed by atoms with Crippen molar-refractivity contribution in [2.75, 3.05) is 5.32 Å². The summed E-state index contributed by atoms with van der Waals surface area (Å²) in [5, 5.41) is 8.29. The summed E-state index contributed by atoms with van der Waals surface area (Å²) in [5.74, 6) is -0.552. The van der Waals surface area contributed by atoms with E-state index in [1.54, 1.807) is 17.4 Å². The molecule has 0 saturated heterocycles. The van der Waals surface area contributed by atoms with E-state index in [4.69, 9.17) is 0 Å². The lowest BCUT2D eigenvalue weighted by molar-refractivity contribution is 0.101. The summed E-state index contributed by atoms with van der Waals surface area (Å²) in [5.41, 5.74) is 0.303. The molecule has 4 nitrogen and oxygen atoms in total. The maximum Gasteiger partial charge on any atom is 0.282 e. The van der Waals surface area contributed by atoms with E-state index in [0.29, 0.717) is 5.69 Å². The van der Waals surface area contributed by atoms with Crippen LogP contribution in [0.15, 0.2) is 17.6 Å². The molecule has 0 radical (unpaired) electrons. The van der Waals surface area contributed by atoms with E-state index < -0.39 is 18.0 Å². The Morgan fingerprint density at radius 1 is 1.43 bits per heavy atom. The van der Waals surface area contributed by atoms with Gasteiger partial charge >= 0.3 is 0 Å². The van der Waals surface area contributed by atoms with Crippen LogP contribution in [0.25, 0.3) is 0 Å². The Balaban J connectivity index is 2.14. The number of hydrogen-bond acceptors (Lipinski definition) is 3. The van der Waals surface area contributed by atoms with E-state index in [9.17, 15) is 13.6 Å². The van der Waals surface area contributed by atoms with Crippen molar-refractivity contribution in [3.63, 3.8) is 0 Å². The summed E-state index contributed by atoms with van der Waals surface area (Å²) in [7, 11) is 1.52. The molecule has 0 aliphatic carbocycles. The average molecular weight is 341 g/mol. The molecule has 2 heterocycles. The minimum Gasteiger partial charge on any atom is -0.321 e. The third-order valence-electron chi connectivity index (χ3n) is 3.40. The van der Waals surface area contributed by atoms with Crippen LogP contribution in [0.1, 0.15) is 54.5 Å². The highest BCUT2D eigenvalue weighted by Crippen LogP contribution is 2.29. The van der Waals surface area contributed by atoms with Gasteiger partial charge in [0.15, 0.2) is 0 Å². The van der Waals surface area contributed by atoms with Crippen molar-refractivity contribution in [2.45, 2.75) is 40.0 Å². The number of thiophene rings is 1. The van der Waals surface area contributed by atoms with Crippen molar-refractivity contribution in [1.82, 2.24) is 9.78 Å². The predicted octanol–water partition coefficient (Wildman–Crippen LogP) is 4.65. The Labute approximate surface area is 138 Å². The first-order valence-electron chi connectivity index (χ1n) is 7.37. The molecule has 1 N–H and O–H groups in total. The van der Waals surface area contributed by atoms with Gasteiger partial charge in [-0.05, 0) is 29.7 Å². The van der Waals surface area contributed by atoms with Crippen LogP contribution in [0, 0.1) is 5.41 Å². The summed E-state index contributed by atoms with van der Waals surface area (Å²) in [6.07, 6.45) is 0.356. The normalized spacial score (nSPS) is 12.0. The SMILES string of the molecule is Cn1cc(C(=O)Nc2ccsc2CCC(C)(C)C)c(C(F)F)n1. The Morgan fingerprint density at radius 2 is 2.13 bits per heavy atom. The van der Waals surface area contributed by atoms with Gasteiger partial charge in [0.2, 0.25) is 0 Å². The molecule has 0 aromatic carbocycles. The van der Waals surface area contributed by atoms with Crippen molar-refractivity contribution >= 4 is 22.9 Å². The van der Waals surface area contributed by atoms with Gasteiger partial charge in [-0.25, -0.2) is 8.78 Å². The topological polar surface area (TPSA) is 46.9 Å². The fourth-order valence-electron chi connectivity index (χ4n) is 2.17. The van der Waals surface area contributed by atoms with Crippen LogP contribution >= 0.6 is 11.3 Å². The Kier molecular flexibility index (Phi) is 5.19. The van der Waals surface area contributed by atoms with Gasteiger partial charge in [-0.3, -0.25) is 9.48 Å². The molecule has 0 atom stereocenters. The quantitative estimate of drug-likeness (QED) is 0.860. The molecule has 0 unspecified atom stereocenters. The standard InChI is InChI=1S/C16H21F2N3OS/c1-16(2,3)7-5-12-11(6-8-23-12)19-15(22)10-9-21(4)20-13(10)14(17)18/h6,8-9,14H,5,7H2,1-4H3,(H,19,22).